The number of urea groups is 1. The van der Waals surface area contributed by atoms with Crippen molar-refractivity contribution in [3.63, 3.8) is 0 Å². The normalized spacial score (nSPS) is 11.8. The Labute approximate surface area is 149 Å². The summed E-state index contributed by atoms with van der Waals surface area (Å²) < 4.78 is 12.2. The van der Waals surface area contributed by atoms with E-state index in [4.69, 9.17) is 9.26 Å². The van der Waals surface area contributed by atoms with Gasteiger partial charge in [0, 0.05) is 0 Å². The van der Waals surface area contributed by atoms with Crippen molar-refractivity contribution in [1.29, 1.82) is 0 Å². The molecular weight excluding hydrogens is 338 g/mol. The van der Waals surface area contributed by atoms with Crippen molar-refractivity contribution in [3.8, 4) is 11.4 Å². The predicted octanol–water partition coefficient (Wildman–Crippen LogP) is 2.24. The number of amides is 2. The molecule has 10 heteroatoms. The summed E-state index contributed by atoms with van der Waals surface area (Å²) in [4.78, 5) is 16.6. The largest absolute Gasteiger partial charge is 0.495 e. The van der Waals surface area contributed by atoms with Gasteiger partial charge in [0.2, 0.25) is 5.89 Å². The number of rotatable bonds is 6. The standard InChI is InChI=1S/C16H19N7O3/c1-4-12(15-19-10(2)22-26-15)20-16(24)21-13-7-11(5-6-14(13)25-3)23-8-17-18-9-23/h5-9,12H,4H2,1-3H3,(H2,20,21,24)/t12-/m0/s1. The molecule has 2 heterocycles. The molecule has 136 valence electrons. The first kappa shape index (κ1) is 17.4. The fourth-order valence-electron chi connectivity index (χ4n) is 2.40. The number of methoxy groups -OCH3 is 1. The molecule has 0 saturated carbocycles. The van der Waals surface area contributed by atoms with Crippen LogP contribution in [-0.4, -0.2) is 38.0 Å². The minimum absolute atomic E-state index is 0.366. The highest BCUT2D eigenvalue weighted by molar-refractivity contribution is 5.91. The molecule has 2 N–H and O–H groups in total. The number of aromatic nitrogens is 5. The minimum Gasteiger partial charge on any atom is -0.495 e. The van der Waals surface area contributed by atoms with Gasteiger partial charge in [-0.15, -0.1) is 10.2 Å². The molecular formula is C16H19N7O3. The number of hydrogen-bond donors (Lipinski definition) is 2. The second-order valence-corrected chi connectivity index (χ2v) is 5.49. The summed E-state index contributed by atoms with van der Waals surface area (Å²) in [6, 6.07) is 4.56. The first-order valence-corrected chi connectivity index (χ1v) is 8.01. The molecule has 10 nitrogen and oxygen atoms in total. The third-order valence-electron chi connectivity index (χ3n) is 3.70. The zero-order valence-electron chi connectivity index (χ0n) is 14.6. The average molecular weight is 357 g/mol. The van der Waals surface area contributed by atoms with Crippen LogP contribution in [0.4, 0.5) is 10.5 Å². The summed E-state index contributed by atoms with van der Waals surface area (Å²) in [5.74, 6) is 1.41. The van der Waals surface area contributed by atoms with Crippen molar-refractivity contribution in [3.05, 3.63) is 42.6 Å². The van der Waals surface area contributed by atoms with E-state index in [2.05, 4.69) is 31.0 Å². The van der Waals surface area contributed by atoms with Crippen molar-refractivity contribution in [2.45, 2.75) is 26.3 Å². The predicted molar refractivity (Wildman–Crippen MR) is 92.1 cm³/mol. The molecule has 1 atom stereocenters. The lowest BCUT2D eigenvalue weighted by Crippen LogP contribution is -2.32. The van der Waals surface area contributed by atoms with E-state index in [9.17, 15) is 4.79 Å². The molecule has 0 fully saturated rings. The fraction of sp³-hybridized carbons (Fsp3) is 0.312. The zero-order valence-corrected chi connectivity index (χ0v) is 14.6. The first-order valence-electron chi connectivity index (χ1n) is 8.01. The number of hydrogen-bond acceptors (Lipinski definition) is 7. The molecule has 3 rings (SSSR count). The van der Waals surface area contributed by atoms with Crippen LogP contribution in [0, 0.1) is 6.92 Å². The second kappa shape index (κ2) is 7.64. The third-order valence-corrected chi connectivity index (χ3v) is 3.70. The highest BCUT2D eigenvalue weighted by Gasteiger charge is 2.19. The highest BCUT2D eigenvalue weighted by Crippen LogP contribution is 2.27. The molecule has 0 saturated heterocycles. The molecule has 0 radical (unpaired) electrons. The molecule has 0 bridgehead atoms. The van der Waals surface area contributed by atoms with Crippen LogP contribution in [0.5, 0.6) is 5.75 Å². The van der Waals surface area contributed by atoms with Crippen LogP contribution in [0.3, 0.4) is 0 Å². The van der Waals surface area contributed by atoms with Gasteiger partial charge in [0.15, 0.2) is 5.82 Å². The van der Waals surface area contributed by atoms with Gasteiger partial charge in [-0.3, -0.25) is 4.57 Å². The van der Waals surface area contributed by atoms with Gasteiger partial charge in [-0.2, -0.15) is 4.98 Å². The van der Waals surface area contributed by atoms with Crippen molar-refractivity contribution < 1.29 is 14.1 Å². The molecule has 0 spiro atoms. The van der Waals surface area contributed by atoms with E-state index in [0.29, 0.717) is 29.6 Å². The van der Waals surface area contributed by atoms with Crippen molar-refractivity contribution in [2.24, 2.45) is 0 Å². The molecule has 2 amide bonds. The van der Waals surface area contributed by atoms with Gasteiger partial charge >= 0.3 is 6.03 Å². The molecule has 26 heavy (non-hydrogen) atoms. The van der Waals surface area contributed by atoms with Crippen LogP contribution < -0.4 is 15.4 Å². The maximum absolute atomic E-state index is 12.4. The summed E-state index contributed by atoms with van der Waals surface area (Å²) in [5, 5.41) is 16.9. The van der Waals surface area contributed by atoms with Crippen LogP contribution in [0.2, 0.25) is 0 Å². The van der Waals surface area contributed by atoms with E-state index < -0.39 is 6.03 Å². The van der Waals surface area contributed by atoms with Crippen LogP contribution in [0.25, 0.3) is 5.69 Å². The molecule has 3 aromatic rings. The molecule has 0 aliphatic rings. The van der Waals surface area contributed by atoms with Crippen molar-refractivity contribution in [2.75, 3.05) is 12.4 Å². The summed E-state index contributed by atoms with van der Waals surface area (Å²) >= 11 is 0. The molecule has 0 unspecified atom stereocenters. The maximum atomic E-state index is 12.4. The summed E-state index contributed by atoms with van der Waals surface area (Å²) in [7, 11) is 1.53. The van der Waals surface area contributed by atoms with E-state index in [0.717, 1.165) is 5.69 Å². The number of carbonyl (C=O) groups is 1. The van der Waals surface area contributed by atoms with Gasteiger partial charge in [-0.05, 0) is 31.5 Å². The number of anilines is 1. The Balaban J connectivity index is 1.76. The van der Waals surface area contributed by atoms with Gasteiger partial charge in [0.05, 0.1) is 18.5 Å². The van der Waals surface area contributed by atoms with Crippen LogP contribution in [0.15, 0.2) is 35.4 Å². The Bertz CT molecular complexity index is 876. The molecule has 0 aliphatic carbocycles. The van der Waals surface area contributed by atoms with Crippen molar-refractivity contribution >= 4 is 11.7 Å². The number of nitrogens with one attached hydrogen (secondary N) is 2. The summed E-state index contributed by atoms with van der Waals surface area (Å²) in [6.07, 6.45) is 3.74. The van der Waals surface area contributed by atoms with E-state index in [1.165, 1.54) is 7.11 Å². The van der Waals surface area contributed by atoms with E-state index >= 15 is 0 Å². The first-order chi connectivity index (χ1) is 12.6. The van der Waals surface area contributed by atoms with Crippen LogP contribution in [-0.2, 0) is 0 Å². The SMILES string of the molecule is CC[C@H](NC(=O)Nc1cc(-n2cnnc2)ccc1OC)c1nc(C)no1. The zero-order chi connectivity index (χ0) is 18.5. The van der Waals surface area contributed by atoms with Gasteiger partial charge in [-0.25, -0.2) is 4.79 Å². The molecule has 0 aliphatic heterocycles. The second-order valence-electron chi connectivity index (χ2n) is 5.49. The highest BCUT2D eigenvalue weighted by atomic mass is 16.5. The van der Waals surface area contributed by atoms with Crippen LogP contribution in [0.1, 0.15) is 31.1 Å². The van der Waals surface area contributed by atoms with Gasteiger partial charge in [-0.1, -0.05) is 12.1 Å². The van der Waals surface area contributed by atoms with Gasteiger partial charge in [0.1, 0.15) is 24.4 Å². The lowest BCUT2D eigenvalue weighted by Gasteiger charge is -2.16. The number of ether oxygens (including phenoxy) is 1. The molecule has 2 aromatic heterocycles. The van der Waals surface area contributed by atoms with E-state index in [1.54, 1.807) is 36.3 Å². The summed E-state index contributed by atoms with van der Waals surface area (Å²) in [5.41, 5.74) is 1.29. The Morgan fingerprint density at radius 3 is 2.73 bits per heavy atom. The molecule has 1 aromatic carbocycles. The van der Waals surface area contributed by atoms with E-state index in [1.807, 2.05) is 13.0 Å². The maximum Gasteiger partial charge on any atom is 0.319 e. The topological polar surface area (TPSA) is 120 Å². The number of aryl methyl sites for hydroxylation is 1. The van der Waals surface area contributed by atoms with Gasteiger partial charge in [0.25, 0.3) is 0 Å². The van der Waals surface area contributed by atoms with Crippen LogP contribution >= 0.6 is 0 Å². The van der Waals surface area contributed by atoms with Crippen molar-refractivity contribution in [1.82, 2.24) is 30.2 Å². The number of benzene rings is 1. The minimum atomic E-state index is -0.410. The average Bonchev–Trinajstić information content (AvgIpc) is 3.31. The van der Waals surface area contributed by atoms with Gasteiger partial charge < -0.3 is 19.9 Å². The smallest absolute Gasteiger partial charge is 0.319 e. The number of nitrogens with zero attached hydrogens (tertiary/aromatic N) is 5. The Kier molecular flexibility index (Phi) is 5.11. The third kappa shape index (κ3) is 3.79. The lowest BCUT2D eigenvalue weighted by atomic mass is 10.2. The Hall–Kier alpha value is -3.43. The quantitative estimate of drug-likeness (QED) is 0.694. The number of carbonyl (C=O) groups excluding carboxylic acids is 1. The fourth-order valence-corrected chi connectivity index (χ4v) is 2.40. The Morgan fingerprint density at radius 2 is 2.12 bits per heavy atom. The van der Waals surface area contributed by atoms with E-state index in [-0.39, 0.29) is 6.04 Å². The monoisotopic (exact) mass is 357 g/mol. The lowest BCUT2D eigenvalue weighted by molar-refractivity contribution is 0.243. The summed E-state index contributed by atoms with van der Waals surface area (Å²) in [6.45, 7) is 3.64. The Morgan fingerprint density at radius 1 is 1.35 bits per heavy atom.